The maximum absolute atomic E-state index is 2.41. The van der Waals surface area contributed by atoms with Gasteiger partial charge in [-0.15, -0.1) is 0 Å². The van der Waals surface area contributed by atoms with Crippen LogP contribution >= 0.6 is 22.9 Å². The number of aromatic nitrogens is 1. The summed E-state index contributed by atoms with van der Waals surface area (Å²) in [7, 11) is 0. The van der Waals surface area contributed by atoms with E-state index in [2.05, 4.69) is 339 Å². The van der Waals surface area contributed by atoms with E-state index < -0.39 is 0 Å². The lowest BCUT2D eigenvalue weighted by atomic mass is 9.97. The minimum absolute atomic E-state index is 1.12. The van der Waals surface area contributed by atoms with Crippen molar-refractivity contribution in [3.05, 3.63) is 303 Å². The molecule has 0 aliphatic heterocycles. The summed E-state index contributed by atoms with van der Waals surface area (Å²) in [6, 6.07) is 109. The summed E-state index contributed by atoms with van der Waals surface area (Å²) >= 11 is 2.41. The maximum atomic E-state index is 2.41. The SMILES string of the molecule is IN(c1ccc(-c2ccc(-c3ccc(-c4ccc(N(c5ccccc5)c5ccccc5)cc4)cc3)cc2)cc1)c1ccc(-c2ccc(-c3ccc(-c4ccc5c(c4)c4ccccc4n5-c4ccccc4)cc3)cc2)cc1. The first-order valence-electron chi connectivity index (χ1n) is 25.8. The third-order valence-corrected chi connectivity index (χ3v) is 15.7. The molecule has 360 valence electrons. The first-order valence-corrected chi connectivity index (χ1v) is 26.7. The molecular weight excluding hydrogens is 1030 g/mol. The van der Waals surface area contributed by atoms with Gasteiger partial charge in [-0.25, -0.2) is 0 Å². The van der Waals surface area contributed by atoms with Crippen molar-refractivity contribution < 1.29 is 0 Å². The Morgan fingerprint density at radius 3 is 0.895 bits per heavy atom. The van der Waals surface area contributed by atoms with Gasteiger partial charge in [0.1, 0.15) is 0 Å². The first-order chi connectivity index (χ1) is 37.6. The summed E-state index contributed by atoms with van der Waals surface area (Å²) in [5.41, 5.74) is 23.6. The minimum atomic E-state index is 1.12. The lowest BCUT2D eigenvalue weighted by Crippen LogP contribution is -2.09. The van der Waals surface area contributed by atoms with Gasteiger partial charge in [0.05, 0.1) is 45.3 Å². The smallest absolute Gasteiger partial charge is 0.0646 e. The molecule has 0 atom stereocenters. The second-order valence-electron chi connectivity index (χ2n) is 19.2. The zero-order valence-corrected chi connectivity index (χ0v) is 43.7. The van der Waals surface area contributed by atoms with Crippen LogP contribution in [0.3, 0.4) is 0 Å². The molecule has 3 nitrogen and oxygen atoms in total. The number of anilines is 5. The fraction of sp³-hybridized carbons (Fsp3) is 0. The van der Waals surface area contributed by atoms with Crippen LogP contribution in [-0.2, 0) is 0 Å². The fourth-order valence-electron chi connectivity index (χ4n) is 10.6. The number of hydrogen-bond acceptors (Lipinski definition) is 2. The molecular formula is C72H50IN3. The molecule has 76 heavy (non-hydrogen) atoms. The van der Waals surface area contributed by atoms with Crippen molar-refractivity contribution in [2.24, 2.45) is 0 Å². The highest BCUT2D eigenvalue weighted by Crippen LogP contribution is 2.39. The average Bonchev–Trinajstić information content (AvgIpc) is 3.85. The molecule has 0 radical (unpaired) electrons. The minimum Gasteiger partial charge on any atom is -0.311 e. The van der Waals surface area contributed by atoms with Gasteiger partial charge in [0.2, 0.25) is 0 Å². The Morgan fingerprint density at radius 1 is 0.224 bits per heavy atom. The summed E-state index contributed by atoms with van der Waals surface area (Å²) in [6.45, 7) is 0. The van der Waals surface area contributed by atoms with Crippen LogP contribution < -0.4 is 8.01 Å². The Kier molecular flexibility index (Phi) is 12.6. The molecule has 0 N–H and O–H groups in total. The number of para-hydroxylation sites is 4. The lowest BCUT2D eigenvalue weighted by molar-refractivity contribution is 1.18. The van der Waals surface area contributed by atoms with Crippen LogP contribution in [-0.4, -0.2) is 4.57 Å². The van der Waals surface area contributed by atoms with Gasteiger partial charge in [0.25, 0.3) is 0 Å². The van der Waals surface area contributed by atoms with E-state index in [0.29, 0.717) is 0 Å². The molecule has 0 saturated heterocycles. The van der Waals surface area contributed by atoms with Gasteiger partial charge in [0.15, 0.2) is 0 Å². The van der Waals surface area contributed by atoms with Crippen molar-refractivity contribution in [1.82, 2.24) is 4.57 Å². The van der Waals surface area contributed by atoms with Gasteiger partial charge < -0.3 is 9.47 Å². The third kappa shape index (κ3) is 9.25. The number of nitrogens with zero attached hydrogens (tertiary/aromatic N) is 3. The Hall–Kier alpha value is -9.23. The molecule has 12 aromatic carbocycles. The standard InChI is InChI=1S/C72H50IN3/c73-76(67-45-38-59(39-46-67)56-28-22-52(23-29-56)51-20-26-55(27-21-51)58-36-43-66(44-37-58)74(63-12-4-1-5-13-63)64-14-6-2-7-15-64)68-47-40-60(41-48-68)57-30-24-53(25-31-57)54-32-34-61(35-33-54)62-42-49-72-70(50-62)69-18-10-11-19-71(69)75(72)65-16-8-3-9-17-65/h1-50H. The van der Waals surface area contributed by atoms with Crippen LogP contribution in [0.15, 0.2) is 303 Å². The van der Waals surface area contributed by atoms with E-state index in [9.17, 15) is 0 Å². The molecule has 0 saturated carbocycles. The monoisotopic (exact) mass is 1080 g/mol. The zero-order chi connectivity index (χ0) is 50.8. The molecule has 0 spiro atoms. The third-order valence-electron chi connectivity index (χ3n) is 14.6. The van der Waals surface area contributed by atoms with Crippen LogP contribution in [0.5, 0.6) is 0 Å². The Balaban J connectivity index is 0.638. The number of hydrogen-bond donors (Lipinski definition) is 0. The summed E-state index contributed by atoms with van der Waals surface area (Å²) in [6.07, 6.45) is 0. The van der Waals surface area contributed by atoms with Crippen molar-refractivity contribution in [1.29, 1.82) is 0 Å². The molecule has 0 bridgehead atoms. The Labute approximate surface area is 458 Å². The second kappa shape index (κ2) is 20.6. The van der Waals surface area contributed by atoms with Gasteiger partial charge in [-0.05, 0) is 158 Å². The molecule has 0 amide bonds. The fourth-order valence-corrected chi connectivity index (χ4v) is 11.2. The van der Waals surface area contributed by atoms with Gasteiger partial charge >= 0.3 is 0 Å². The van der Waals surface area contributed by atoms with Crippen LogP contribution in [0.4, 0.5) is 28.4 Å². The summed E-state index contributed by atoms with van der Waals surface area (Å²) in [5.74, 6) is 0. The van der Waals surface area contributed by atoms with Crippen molar-refractivity contribution in [3.63, 3.8) is 0 Å². The molecule has 13 rings (SSSR count). The number of rotatable bonds is 12. The quantitative estimate of drug-likeness (QED) is 0.0892. The molecule has 1 heterocycles. The largest absolute Gasteiger partial charge is 0.311 e. The second-order valence-corrected chi connectivity index (χ2v) is 20.1. The maximum Gasteiger partial charge on any atom is 0.0646 e. The van der Waals surface area contributed by atoms with Crippen LogP contribution in [0.1, 0.15) is 0 Å². The molecule has 1 aromatic heterocycles. The van der Waals surface area contributed by atoms with Crippen molar-refractivity contribution in [3.8, 4) is 72.4 Å². The lowest BCUT2D eigenvalue weighted by Gasteiger charge is -2.25. The molecule has 0 aliphatic rings. The average molecular weight is 1080 g/mol. The predicted molar refractivity (Wildman–Crippen MR) is 331 cm³/mol. The van der Waals surface area contributed by atoms with Crippen LogP contribution in [0.25, 0.3) is 94.3 Å². The summed E-state index contributed by atoms with van der Waals surface area (Å²) < 4.78 is 4.58. The molecule has 0 aliphatic carbocycles. The zero-order valence-electron chi connectivity index (χ0n) is 41.6. The van der Waals surface area contributed by atoms with E-state index >= 15 is 0 Å². The van der Waals surface area contributed by atoms with Crippen molar-refractivity contribution in [2.75, 3.05) is 8.01 Å². The van der Waals surface area contributed by atoms with E-state index in [-0.39, 0.29) is 0 Å². The van der Waals surface area contributed by atoms with Gasteiger partial charge in [0, 0.05) is 33.5 Å². The molecule has 4 heteroatoms. The summed E-state index contributed by atoms with van der Waals surface area (Å²) in [4.78, 5) is 2.29. The van der Waals surface area contributed by atoms with Crippen molar-refractivity contribution >= 4 is 73.1 Å². The topological polar surface area (TPSA) is 11.4 Å². The normalized spacial score (nSPS) is 11.2. The number of halogens is 1. The Morgan fingerprint density at radius 2 is 0.500 bits per heavy atom. The van der Waals surface area contributed by atoms with E-state index in [1.807, 2.05) is 0 Å². The van der Waals surface area contributed by atoms with Crippen LogP contribution in [0.2, 0.25) is 0 Å². The van der Waals surface area contributed by atoms with E-state index in [4.69, 9.17) is 0 Å². The number of fused-ring (bicyclic) bond motifs is 3. The van der Waals surface area contributed by atoms with Crippen molar-refractivity contribution in [2.45, 2.75) is 0 Å². The molecule has 0 fully saturated rings. The van der Waals surface area contributed by atoms with E-state index in [1.165, 1.54) is 94.3 Å². The summed E-state index contributed by atoms with van der Waals surface area (Å²) in [5, 5.41) is 2.52. The van der Waals surface area contributed by atoms with Gasteiger partial charge in [-0.2, -0.15) is 0 Å². The highest BCUT2D eigenvalue weighted by Gasteiger charge is 2.15. The first kappa shape index (κ1) is 46.5. The number of benzene rings is 12. The predicted octanol–water partition coefficient (Wildman–Crippen LogP) is 20.7. The van der Waals surface area contributed by atoms with Gasteiger partial charge in [-0.3, -0.25) is 3.11 Å². The molecule has 0 unspecified atom stereocenters. The highest BCUT2D eigenvalue weighted by molar-refractivity contribution is 14.1. The Bertz CT molecular complexity index is 4040. The molecule has 13 aromatic rings. The van der Waals surface area contributed by atoms with E-state index in [0.717, 1.165) is 28.4 Å². The van der Waals surface area contributed by atoms with Gasteiger partial charge in [-0.1, -0.05) is 212 Å². The highest BCUT2D eigenvalue weighted by atomic mass is 127. The van der Waals surface area contributed by atoms with E-state index in [1.54, 1.807) is 0 Å². The van der Waals surface area contributed by atoms with Crippen LogP contribution in [0, 0.1) is 0 Å².